The largest absolute Gasteiger partial charge is 0.466 e. The van der Waals surface area contributed by atoms with Crippen LogP contribution in [0.2, 0.25) is 0 Å². The second-order valence-electron chi connectivity index (χ2n) is 4.85. The molecule has 0 saturated heterocycles. The van der Waals surface area contributed by atoms with Crippen LogP contribution in [0.5, 0.6) is 0 Å². The number of thiazole rings is 1. The van der Waals surface area contributed by atoms with E-state index in [0.29, 0.717) is 23.3 Å². The lowest BCUT2D eigenvalue weighted by Crippen LogP contribution is -2.07. The Bertz CT molecular complexity index is 843. The third kappa shape index (κ3) is 4.67. The fraction of sp³-hybridized carbons (Fsp3) is 0.200. The summed E-state index contributed by atoms with van der Waals surface area (Å²) in [6.45, 7) is 2.14. The van der Waals surface area contributed by atoms with Gasteiger partial charge in [-0.2, -0.15) is 10.3 Å². The molecule has 10 heteroatoms. The van der Waals surface area contributed by atoms with Crippen LogP contribution in [0, 0.1) is 0 Å². The van der Waals surface area contributed by atoms with Crippen molar-refractivity contribution in [2.45, 2.75) is 13.3 Å². The Hall–Kier alpha value is -3.14. The highest BCUT2D eigenvalue weighted by Gasteiger charge is 2.07. The molecular weight excluding hydrogens is 342 g/mol. The van der Waals surface area contributed by atoms with Crippen LogP contribution in [-0.4, -0.2) is 44.4 Å². The average molecular weight is 357 g/mol. The van der Waals surface area contributed by atoms with Crippen LogP contribution in [0.15, 0.2) is 34.7 Å². The van der Waals surface area contributed by atoms with Gasteiger partial charge in [-0.1, -0.05) is 24.3 Å². The van der Waals surface area contributed by atoms with Gasteiger partial charge in [-0.15, -0.1) is 21.5 Å². The molecule has 0 atom stereocenters. The summed E-state index contributed by atoms with van der Waals surface area (Å²) in [7, 11) is 0. The van der Waals surface area contributed by atoms with Crippen LogP contribution in [-0.2, 0) is 16.0 Å². The first-order chi connectivity index (χ1) is 12.2. The molecule has 25 heavy (non-hydrogen) atoms. The summed E-state index contributed by atoms with van der Waals surface area (Å²) in [5.41, 5.74) is 5.27. The third-order valence-electron chi connectivity index (χ3n) is 3.07. The lowest BCUT2D eigenvalue weighted by Gasteiger charge is -1.98. The highest BCUT2D eigenvalue weighted by atomic mass is 32.1. The summed E-state index contributed by atoms with van der Waals surface area (Å²) in [5, 5.41) is 20.3. The third-order valence-corrected chi connectivity index (χ3v) is 3.87. The summed E-state index contributed by atoms with van der Waals surface area (Å²) in [4.78, 5) is 15.7. The topological polar surface area (TPSA) is 118 Å². The Morgan fingerprint density at radius 2 is 2.24 bits per heavy atom. The number of hydrogen-bond acceptors (Lipinski definition) is 9. The van der Waals surface area contributed by atoms with Gasteiger partial charge in [-0.05, 0) is 17.7 Å². The normalized spacial score (nSPS) is 10.9. The summed E-state index contributed by atoms with van der Waals surface area (Å²) < 4.78 is 4.89. The molecule has 0 aliphatic carbocycles. The van der Waals surface area contributed by atoms with E-state index in [4.69, 9.17) is 4.74 Å². The number of carbonyl (C=O) groups is 1. The monoisotopic (exact) mass is 357 g/mol. The number of hydrogen-bond donors (Lipinski definition) is 2. The number of tetrazole rings is 1. The maximum Gasteiger partial charge on any atom is 0.311 e. The first-order valence-electron chi connectivity index (χ1n) is 7.47. The number of aromatic nitrogens is 5. The zero-order valence-electron chi connectivity index (χ0n) is 13.3. The second-order valence-corrected chi connectivity index (χ2v) is 5.71. The van der Waals surface area contributed by atoms with Crippen LogP contribution < -0.4 is 5.43 Å². The van der Waals surface area contributed by atoms with Gasteiger partial charge in [0.25, 0.3) is 0 Å². The number of ether oxygens (including phenoxy) is 1. The molecule has 0 unspecified atom stereocenters. The number of H-pyrrole nitrogens is 1. The lowest BCUT2D eigenvalue weighted by atomic mass is 10.1. The Kier molecular flexibility index (Phi) is 5.42. The van der Waals surface area contributed by atoms with E-state index in [2.05, 4.69) is 36.1 Å². The van der Waals surface area contributed by atoms with Gasteiger partial charge in [0, 0.05) is 10.9 Å². The number of rotatable bonds is 7. The van der Waals surface area contributed by atoms with Crippen molar-refractivity contribution in [3.8, 4) is 11.4 Å². The molecule has 1 aromatic carbocycles. The van der Waals surface area contributed by atoms with Gasteiger partial charge >= 0.3 is 5.97 Å². The van der Waals surface area contributed by atoms with Gasteiger partial charge in [0.2, 0.25) is 11.0 Å². The minimum absolute atomic E-state index is 0.160. The molecule has 0 fully saturated rings. The minimum Gasteiger partial charge on any atom is -0.466 e. The predicted molar refractivity (Wildman–Crippen MR) is 93.3 cm³/mol. The molecule has 2 heterocycles. The van der Waals surface area contributed by atoms with E-state index in [9.17, 15) is 4.79 Å². The molecule has 0 amide bonds. The van der Waals surface area contributed by atoms with Gasteiger partial charge in [0.05, 0.1) is 24.9 Å². The van der Waals surface area contributed by atoms with Crippen molar-refractivity contribution in [2.24, 2.45) is 5.10 Å². The van der Waals surface area contributed by atoms with E-state index in [0.717, 1.165) is 11.1 Å². The van der Waals surface area contributed by atoms with E-state index >= 15 is 0 Å². The van der Waals surface area contributed by atoms with Crippen LogP contribution in [0.3, 0.4) is 0 Å². The number of hydrazone groups is 1. The predicted octanol–water partition coefficient (Wildman–Crippen LogP) is 1.87. The van der Waals surface area contributed by atoms with Crippen LogP contribution >= 0.6 is 11.3 Å². The van der Waals surface area contributed by atoms with E-state index in [-0.39, 0.29) is 12.4 Å². The molecular formula is C15H15N7O2S. The summed E-state index contributed by atoms with van der Waals surface area (Å²) in [6.07, 6.45) is 1.83. The molecule has 0 saturated carbocycles. The standard InChI is InChI=1S/C15H15N7O2S/c1-2-24-13(23)7-12-9-25-15(17-12)20-16-8-10-3-5-11(6-4-10)14-18-21-22-19-14/h3-6,8-9H,2,7H2,1H3,(H,17,20)(H,18,19,21,22). The van der Waals surface area contributed by atoms with Crippen molar-refractivity contribution < 1.29 is 9.53 Å². The Morgan fingerprint density at radius 3 is 2.96 bits per heavy atom. The number of esters is 1. The quantitative estimate of drug-likeness (QED) is 0.376. The van der Waals surface area contributed by atoms with E-state index < -0.39 is 0 Å². The number of nitrogens with one attached hydrogen (secondary N) is 2. The molecule has 0 spiro atoms. The van der Waals surface area contributed by atoms with Crippen LogP contribution in [0.4, 0.5) is 5.13 Å². The maximum absolute atomic E-state index is 11.4. The number of anilines is 1. The Labute approximate surface area is 147 Å². The van der Waals surface area contributed by atoms with E-state index in [1.54, 1.807) is 18.5 Å². The minimum atomic E-state index is -0.287. The Morgan fingerprint density at radius 1 is 1.40 bits per heavy atom. The number of nitrogens with zero attached hydrogens (tertiary/aromatic N) is 5. The molecule has 3 aromatic rings. The number of aromatic amines is 1. The van der Waals surface area contributed by atoms with Crippen molar-refractivity contribution in [1.82, 2.24) is 25.6 Å². The van der Waals surface area contributed by atoms with Crippen molar-refractivity contribution in [3.63, 3.8) is 0 Å². The van der Waals surface area contributed by atoms with Gasteiger partial charge in [0.15, 0.2) is 0 Å². The second kappa shape index (κ2) is 8.11. The van der Waals surface area contributed by atoms with E-state index in [1.165, 1.54) is 11.3 Å². The molecule has 128 valence electrons. The number of benzene rings is 1. The fourth-order valence-electron chi connectivity index (χ4n) is 1.96. The van der Waals surface area contributed by atoms with Gasteiger partial charge in [-0.3, -0.25) is 10.2 Å². The summed E-state index contributed by atoms with van der Waals surface area (Å²) >= 11 is 1.37. The summed E-state index contributed by atoms with van der Waals surface area (Å²) in [5.74, 6) is 0.253. The smallest absolute Gasteiger partial charge is 0.311 e. The summed E-state index contributed by atoms with van der Waals surface area (Å²) in [6, 6.07) is 7.55. The van der Waals surface area contributed by atoms with Crippen LogP contribution in [0.25, 0.3) is 11.4 Å². The van der Waals surface area contributed by atoms with Crippen molar-refractivity contribution >= 4 is 28.7 Å². The lowest BCUT2D eigenvalue weighted by molar-refractivity contribution is -0.142. The molecule has 2 aromatic heterocycles. The molecule has 0 aliphatic heterocycles. The van der Waals surface area contributed by atoms with Crippen LogP contribution in [0.1, 0.15) is 18.2 Å². The van der Waals surface area contributed by atoms with Crippen molar-refractivity contribution in [2.75, 3.05) is 12.0 Å². The zero-order chi connectivity index (χ0) is 17.5. The first kappa shape index (κ1) is 16.7. The van der Waals surface area contributed by atoms with Crippen molar-refractivity contribution in [3.05, 3.63) is 40.9 Å². The van der Waals surface area contributed by atoms with Gasteiger partial charge in [0.1, 0.15) is 0 Å². The molecule has 0 aliphatic rings. The van der Waals surface area contributed by atoms with Crippen molar-refractivity contribution in [1.29, 1.82) is 0 Å². The van der Waals surface area contributed by atoms with Gasteiger partial charge in [-0.25, -0.2) is 4.98 Å². The maximum atomic E-state index is 11.4. The molecule has 0 bridgehead atoms. The van der Waals surface area contributed by atoms with Gasteiger partial charge < -0.3 is 4.74 Å². The first-order valence-corrected chi connectivity index (χ1v) is 8.35. The highest BCUT2D eigenvalue weighted by molar-refractivity contribution is 7.13. The SMILES string of the molecule is CCOC(=O)Cc1csc(NN=Cc2ccc(-c3nn[nH]n3)cc2)n1. The Balaban J connectivity index is 1.54. The number of carbonyl (C=O) groups excluding carboxylic acids is 1. The molecule has 0 radical (unpaired) electrons. The fourth-order valence-corrected chi connectivity index (χ4v) is 2.62. The van der Waals surface area contributed by atoms with E-state index in [1.807, 2.05) is 24.3 Å². The molecule has 3 rings (SSSR count). The highest BCUT2D eigenvalue weighted by Crippen LogP contribution is 2.16. The average Bonchev–Trinajstić information content (AvgIpc) is 3.28. The molecule has 9 nitrogen and oxygen atoms in total. The molecule has 2 N–H and O–H groups in total. The zero-order valence-corrected chi connectivity index (χ0v) is 14.2.